The fourth-order valence-electron chi connectivity index (χ4n) is 3.27. The Morgan fingerprint density at radius 3 is 2.47 bits per heavy atom. The average molecular weight is 485 g/mol. The second-order valence-electron chi connectivity index (χ2n) is 6.91. The van der Waals surface area contributed by atoms with Crippen LogP contribution in [0, 0.1) is 5.82 Å². The molecule has 0 aliphatic carbocycles. The summed E-state index contributed by atoms with van der Waals surface area (Å²) >= 11 is 1.12. The van der Waals surface area contributed by atoms with Gasteiger partial charge in [0.05, 0.1) is 37.0 Å². The van der Waals surface area contributed by atoms with Gasteiger partial charge < -0.3 is 19.7 Å². The lowest BCUT2D eigenvalue weighted by molar-refractivity contribution is -0.115. The van der Waals surface area contributed by atoms with E-state index in [2.05, 4.69) is 5.32 Å². The number of carbonyl (C=O) groups is 3. The van der Waals surface area contributed by atoms with Crippen molar-refractivity contribution in [3.05, 3.63) is 46.1 Å². The Labute approximate surface area is 188 Å². The second-order valence-corrected chi connectivity index (χ2v) is 10.1. The number of benzene rings is 1. The highest BCUT2D eigenvalue weighted by Crippen LogP contribution is 2.37. The van der Waals surface area contributed by atoms with Crippen LogP contribution in [0.1, 0.15) is 27.2 Å². The molecule has 172 valence electrons. The van der Waals surface area contributed by atoms with E-state index in [4.69, 9.17) is 9.47 Å². The zero-order valence-corrected chi connectivity index (χ0v) is 19.0. The predicted molar refractivity (Wildman–Crippen MR) is 114 cm³/mol. The highest BCUT2D eigenvalue weighted by Gasteiger charge is 2.31. The van der Waals surface area contributed by atoms with Crippen molar-refractivity contribution in [3.63, 3.8) is 0 Å². The van der Waals surface area contributed by atoms with Crippen molar-refractivity contribution < 1.29 is 36.7 Å². The second kappa shape index (κ2) is 9.65. The number of nitrogens with one attached hydrogen (secondary N) is 1. The topological polar surface area (TPSA) is 119 Å². The number of halogens is 1. The van der Waals surface area contributed by atoms with Gasteiger partial charge in [0.25, 0.3) is 0 Å². The molecule has 0 unspecified atom stereocenters. The minimum atomic E-state index is -3.79. The van der Waals surface area contributed by atoms with Gasteiger partial charge in [-0.1, -0.05) is 0 Å². The normalized spacial score (nSPS) is 13.3. The van der Waals surface area contributed by atoms with Crippen LogP contribution in [0.25, 0.3) is 0 Å². The molecule has 2 heterocycles. The first-order chi connectivity index (χ1) is 15.2. The van der Waals surface area contributed by atoms with Gasteiger partial charge >= 0.3 is 12.1 Å². The Hall–Kier alpha value is -2.99. The monoisotopic (exact) mass is 484 g/mol. The van der Waals surface area contributed by atoms with Gasteiger partial charge in [0.15, 0.2) is 9.84 Å². The van der Waals surface area contributed by atoms with Crippen LogP contribution in [0.2, 0.25) is 0 Å². The molecule has 12 heteroatoms. The molecule has 1 N–H and O–H groups in total. The molecule has 0 spiro atoms. The van der Waals surface area contributed by atoms with E-state index in [-0.39, 0.29) is 28.4 Å². The Morgan fingerprint density at radius 1 is 1.16 bits per heavy atom. The Bertz CT molecular complexity index is 1140. The third-order valence-electron chi connectivity index (χ3n) is 4.90. The minimum absolute atomic E-state index is 0.0866. The summed E-state index contributed by atoms with van der Waals surface area (Å²) in [5, 5.41) is 2.83. The van der Waals surface area contributed by atoms with Crippen LogP contribution in [0.15, 0.2) is 29.2 Å². The maximum atomic E-state index is 13.0. The van der Waals surface area contributed by atoms with Crippen LogP contribution in [0.4, 0.5) is 14.2 Å². The van der Waals surface area contributed by atoms with Gasteiger partial charge in [0.1, 0.15) is 10.8 Å². The lowest BCUT2D eigenvalue weighted by Gasteiger charge is -2.25. The Balaban J connectivity index is 1.75. The predicted octanol–water partition coefficient (Wildman–Crippen LogP) is 2.60. The maximum Gasteiger partial charge on any atom is 0.409 e. The van der Waals surface area contributed by atoms with Crippen molar-refractivity contribution in [2.45, 2.75) is 24.3 Å². The fourth-order valence-corrected chi connectivity index (χ4v) is 5.78. The molecular weight excluding hydrogens is 463 g/mol. The summed E-state index contributed by atoms with van der Waals surface area (Å²) in [5.41, 5.74) is 0.878. The summed E-state index contributed by atoms with van der Waals surface area (Å²) in [5.74, 6) is -2.30. The number of hydrogen-bond acceptors (Lipinski definition) is 8. The number of ether oxygens (including phenoxy) is 2. The van der Waals surface area contributed by atoms with E-state index in [1.807, 2.05) is 0 Å². The van der Waals surface area contributed by atoms with Crippen molar-refractivity contribution >= 4 is 44.1 Å². The van der Waals surface area contributed by atoms with E-state index in [1.165, 1.54) is 19.1 Å². The van der Waals surface area contributed by atoms with Crippen molar-refractivity contribution in [1.29, 1.82) is 0 Å². The molecule has 0 bridgehead atoms. The first-order valence-electron chi connectivity index (χ1n) is 9.50. The van der Waals surface area contributed by atoms with Crippen molar-refractivity contribution in [3.8, 4) is 0 Å². The van der Waals surface area contributed by atoms with Crippen LogP contribution >= 0.6 is 11.3 Å². The smallest absolute Gasteiger partial charge is 0.409 e. The number of nitrogens with zero attached hydrogens (tertiary/aromatic N) is 1. The van der Waals surface area contributed by atoms with Crippen molar-refractivity contribution in [2.75, 3.05) is 31.8 Å². The number of thiophene rings is 1. The molecule has 1 aromatic carbocycles. The van der Waals surface area contributed by atoms with Crippen LogP contribution in [-0.2, 0) is 37.1 Å². The fraction of sp³-hybridized carbons (Fsp3) is 0.350. The van der Waals surface area contributed by atoms with E-state index in [0.29, 0.717) is 23.4 Å². The molecule has 1 aromatic heterocycles. The van der Waals surface area contributed by atoms with Gasteiger partial charge in [-0.3, -0.25) is 4.79 Å². The summed E-state index contributed by atoms with van der Waals surface area (Å²) in [4.78, 5) is 38.7. The summed E-state index contributed by atoms with van der Waals surface area (Å²) in [6.45, 7) is 0.551. The van der Waals surface area contributed by atoms with Gasteiger partial charge in [0.2, 0.25) is 5.91 Å². The zero-order valence-electron chi connectivity index (χ0n) is 17.3. The van der Waals surface area contributed by atoms with E-state index >= 15 is 0 Å². The van der Waals surface area contributed by atoms with Gasteiger partial charge in [-0.05, 0) is 36.2 Å². The number of amides is 2. The van der Waals surface area contributed by atoms with Gasteiger partial charge in [-0.25, -0.2) is 22.4 Å². The molecule has 2 amide bonds. The molecule has 0 saturated heterocycles. The molecule has 0 fully saturated rings. The maximum absolute atomic E-state index is 13.0. The SMILES string of the molecule is COC(=O)c1c(NC(=O)CCS(=O)(=O)c2ccc(F)cc2)sc2c1CCN(C(=O)OC)C2. The molecular formula is C20H21FN2O7S2. The van der Waals surface area contributed by atoms with Gasteiger partial charge in [0, 0.05) is 17.8 Å². The third kappa shape index (κ3) is 5.07. The van der Waals surface area contributed by atoms with Gasteiger partial charge in [-0.2, -0.15) is 0 Å². The number of fused-ring (bicyclic) bond motifs is 1. The zero-order chi connectivity index (χ0) is 23.5. The minimum Gasteiger partial charge on any atom is -0.465 e. The molecule has 32 heavy (non-hydrogen) atoms. The van der Waals surface area contributed by atoms with E-state index in [1.54, 1.807) is 0 Å². The Morgan fingerprint density at radius 2 is 1.84 bits per heavy atom. The molecule has 3 rings (SSSR count). The molecule has 0 saturated carbocycles. The number of rotatable bonds is 6. The third-order valence-corrected chi connectivity index (χ3v) is 7.77. The molecule has 2 aromatic rings. The lowest BCUT2D eigenvalue weighted by Crippen LogP contribution is -2.35. The molecule has 1 aliphatic heterocycles. The highest BCUT2D eigenvalue weighted by atomic mass is 32.2. The number of hydrogen-bond donors (Lipinski definition) is 1. The van der Waals surface area contributed by atoms with E-state index < -0.39 is 39.4 Å². The summed E-state index contributed by atoms with van der Waals surface area (Å²) < 4.78 is 47.4. The first kappa shape index (κ1) is 23.7. The van der Waals surface area contributed by atoms with Crippen LogP contribution < -0.4 is 5.32 Å². The standard InChI is InChI=1S/C20H21FN2O7S2/c1-29-19(25)17-14-7-9-23(20(26)30-2)11-15(14)31-18(17)22-16(24)8-10-32(27,28)13-5-3-12(21)4-6-13/h3-6H,7-11H2,1-2H3,(H,22,24). The number of sulfone groups is 1. The van der Waals surface area contributed by atoms with Crippen molar-refractivity contribution in [1.82, 2.24) is 4.90 Å². The molecule has 0 atom stereocenters. The number of methoxy groups -OCH3 is 2. The van der Waals surface area contributed by atoms with Crippen LogP contribution in [-0.4, -0.2) is 57.8 Å². The number of esters is 1. The number of anilines is 1. The van der Waals surface area contributed by atoms with Crippen LogP contribution in [0.3, 0.4) is 0 Å². The molecule has 1 aliphatic rings. The highest BCUT2D eigenvalue weighted by molar-refractivity contribution is 7.91. The van der Waals surface area contributed by atoms with Crippen LogP contribution in [0.5, 0.6) is 0 Å². The summed E-state index contributed by atoms with van der Waals surface area (Å²) in [6, 6.07) is 4.34. The largest absolute Gasteiger partial charge is 0.465 e. The summed E-state index contributed by atoms with van der Waals surface area (Å²) in [6.07, 6.45) is -0.488. The summed E-state index contributed by atoms with van der Waals surface area (Å²) in [7, 11) is -1.30. The Kier molecular flexibility index (Phi) is 7.14. The van der Waals surface area contributed by atoms with Gasteiger partial charge in [-0.15, -0.1) is 11.3 Å². The lowest BCUT2D eigenvalue weighted by atomic mass is 10.0. The average Bonchev–Trinajstić information content (AvgIpc) is 3.13. The molecule has 0 radical (unpaired) electrons. The van der Waals surface area contributed by atoms with Crippen molar-refractivity contribution in [2.24, 2.45) is 0 Å². The quantitative estimate of drug-likeness (QED) is 0.494. The first-order valence-corrected chi connectivity index (χ1v) is 12.0. The van der Waals surface area contributed by atoms with E-state index in [0.717, 1.165) is 35.6 Å². The molecule has 9 nitrogen and oxygen atoms in total. The number of carbonyl (C=O) groups excluding carboxylic acids is 3. The van der Waals surface area contributed by atoms with E-state index in [9.17, 15) is 27.2 Å².